The van der Waals surface area contributed by atoms with Crippen molar-refractivity contribution in [1.82, 2.24) is 4.90 Å². The Bertz CT molecular complexity index is 597. The van der Waals surface area contributed by atoms with E-state index in [1.54, 1.807) is 0 Å². The smallest absolute Gasteiger partial charge is 0.0215 e. The molecule has 0 amide bonds. The molecule has 0 aliphatic heterocycles. The molecule has 0 heterocycles. The SMILES string of the molecule is CN(C)C(c1ccccc1Br)[c-]1cccc1.[Fe].[cH-]1[cH-][cH-][cH-][cH-]1. The molecular formula is C19H20BrFeN-6. The van der Waals surface area contributed by atoms with Gasteiger partial charge in [0.05, 0.1) is 0 Å². The molecule has 122 valence electrons. The van der Waals surface area contributed by atoms with Crippen LogP contribution in [0.5, 0.6) is 0 Å². The van der Waals surface area contributed by atoms with Gasteiger partial charge in [-0.3, -0.25) is 0 Å². The van der Waals surface area contributed by atoms with Crippen LogP contribution in [0.2, 0.25) is 0 Å². The third-order valence-corrected chi connectivity index (χ3v) is 4.00. The van der Waals surface area contributed by atoms with E-state index in [1.165, 1.54) is 11.1 Å². The van der Waals surface area contributed by atoms with Gasteiger partial charge in [0.2, 0.25) is 0 Å². The number of halogens is 1. The van der Waals surface area contributed by atoms with E-state index in [1.807, 2.05) is 36.4 Å². The van der Waals surface area contributed by atoms with Crippen LogP contribution in [-0.2, 0) is 17.1 Å². The predicted octanol–water partition coefficient (Wildman–Crippen LogP) is 5.22. The van der Waals surface area contributed by atoms with Crippen molar-refractivity contribution in [2.45, 2.75) is 6.04 Å². The van der Waals surface area contributed by atoms with E-state index >= 15 is 0 Å². The number of benzene rings is 1. The molecule has 1 nitrogen and oxygen atoms in total. The fourth-order valence-corrected chi connectivity index (χ4v) is 2.85. The zero-order valence-electron chi connectivity index (χ0n) is 12.8. The molecule has 0 aromatic heterocycles. The number of hydrogen-bond acceptors (Lipinski definition) is 1. The minimum Gasteiger partial charge on any atom is -0.748 e. The molecular weight excluding hydrogens is 378 g/mol. The van der Waals surface area contributed by atoms with Crippen molar-refractivity contribution in [3.05, 3.63) is 94.5 Å². The first-order chi connectivity index (χ1) is 10.2. The molecule has 22 heavy (non-hydrogen) atoms. The van der Waals surface area contributed by atoms with Crippen LogP contribution < -0.4 is 0 Å². The van der Waals surface area contributed by atoms with Crippen LogP contribution >= 0.6 is 15.9 Å². The zero-order valence-corrected chi connectivity index (χ0v) is 15.5. The molecule has 0 N–H and O–H groups in total. The molecule has 1 unspecified atom stereocenters. The van der Waals surface area contributed by atoms with Crippen LogP contribution in [0.25, 0.3) is 0 Å². The summed E-state index contributed by atoms with van der Waals surface area (Å²) in [4.78, 5) is 2.23. The molecule has 0 spiro atoms. The second-order valence-corrected chi connectivity index (χ2v) is 5.92. The topological polar surface area (TPSA) is 3.24 Å². The van der Waals surface area contributed by atoms with Crippen LogP contribution in [-0.4, -0.2) is 19.0 Å². The monoisotopic (exact) mass is 397 g/mol. The molecule has 1 atom stereocenters. The Kier molecular flexibility index (Phi) is 8.44. The minimum absolute atomic E-state index is 0. The van der Waals surface area contributed by atoms with E-state index in [-0.39, 0.29) is 17.1 Å². The van der Waals surface area contributed by atoms with Gasteiger partial charge in [0.15, 0.2) is 0 Å². The van der Waals surface area contributed by atoms with E-state index in [0.29, 0.717) is 6.04 Å². The summed E-state index contributed by atoms with van der Waals surface area (Å²) >= 11 is 3.62. The van der Waals surface area contributed by atoms with Crippen molar-refractivity contribution < 1.29 is 17.1 Å². The summed E-state index contributed by atoms with van der Waals surface area (Å²) in [5.74, 6) is 0. The van der Waals surface area contributed by atoms with Gasteiger partial charge in [0.1, 0.15) is 0 Å². The first-order valence-corrected chi connectivity index (χ1v) is 7.78. The molecule has 3 aromatic carbocycles. The fraction of sp³-hybridized carbons (Fsp3) is 0.158. The van der Waals surface area contributed by atoms with E-state index < -0.39 is 0 Å². The van der Waals surface area contributed by atoms with Crippen molar-refractivity contribution in [1.29, 1.82) is 0 Å². The van der Waals surface area contributed by atoms with Crippen molar-refractivity contribution in [2.24, 2.45) is 0 Å². The van der Waals surface area contributed by atoms with Gasteiger partial charge in [-0.1, -0.05) is 34.1 Å². The summed E-state index contributed by atoms with van der Waals surface area (Å²) in [6.07, 6.45) is 0. The Morgan fingerprint density at radius 3 is 1.86 bits per heavy atom. The predicted molar refractivity (Wildman–Crippen MR) is 93.7 cm³/mol. The Hall–Kier alpha value is -1.12. The second-order valence-electron chi connectivity index (χ2n) is 5.07. The second kappa shape index (κ2) is 9.81. The molecule has 0 saturated carbocycles. The standard InChI is InChI=1S/C14H15BrN.C5H5.Fe/c1-16(2)14(11-7-3-4-8-11)12-9-5-6-10-13(12)15;1-2-4-5-3-1;/h3-10,14H,1-2H3;1-5H;/q-1;-5;. The summed E-state index contributed by atoms with van der Waals surface area (Å²) in [5, 5.41) is 0. The Balaban J connectivity index is 0.000000344. The molecule has 0 aliphatic rings. The maximum atomic E-state index is 3.62. The van der Waals surface area contributed by atoms with Gasteiger partial charge in [0.25, 0.3) is 0 Å². The van der Waals surface area contributed by atoms with Crippen LogP contribution in [0.4, 0.5) is 0 Å². The molecule has 0 saturated heterocycles. The first-order valence-electron chi connectivity index (χ1n) is 6.99. The van der Waals surface area contributed by atoms with Gasteiger partial charge >= 0.3 is 0 Å². The molecule has 0 radical (unpaired) electrons. The van der Waals surface area contributed by atoms with E-state index in [0.717, 1.165) is 4.47 Å². The van der Waals surface area contributed by atoms with Crippen LogP contribution in [0, 0.1) is 0 Å². The van der Waals surface area contributed by atoms with E-state index in [4.69, 9.17) is 0 Å². The summed E-state index contributed by atoms with van der Waals surface area (Å²) in [5.41, 5.74) is 2.63. The largest absolute Gasteiger partial charge is 0.748 e. The average molecular weight is 398 g/mol. The van der Waals surface area contributed by atoms with Crippen molar-refractivity contribution >= 4 is 15.9 Å². The van der Waals surface area contributed by atoms with Crippen molar-refractivity contribution in [3.8, 4) is 0 Å². The average Bonchev–Trinajstić information content (AvgIpc) is 3.16. The minimum atomic E-state index is 0. The van der Waals surface area contributed by atoms with Gasteiger partial charge in [-0.15, -0.1) is 5.56 Å². The van der Waals surface area contributed by atoms with Gasteiger partial charge < -0.3 is 35.2 Å². The summed E-state index contributed by atoms with van der Waals surface area (Å²) in [6, 6.07) is 27.2. The Labute approximate surface area is 152 Å². The Morgan fingerprint density at radius 2 is 1.41 bits per heavy atom. The quantitative estimate of drug-likeness (QED) is 0.432. The molecule has 3 aromatic rings. The van der Waals surface area contributed by atoms with Crippen molar-refractivity contribution in [3.63, 3.8) is 0 Å². The van der Waals surface area contributed by atoms with Gasteiger partial charge in [-0.05, 0) is 25.7 Å². The van der Waals surface area contributed by atoms with Crippen molar-refractivity contribution in [2.75, 3.05) is 14.1 Å². The molecule has 3 rings (SSSR count). The molecule has 3 heteroatoms. The first kappa shape index (κ1) is 18.9. The third kappa shape index (κ3) is 5.26. The normalized spacial score (nSPS) is 11.3. The molecule has 0 aliphatic carbocycles. The van der Waals surface area contributed by atoms with Crippen LogP contribution in [0.15, 0.2) is 83.3 Å². The molecule has 0 bridgehead atoms. The zero-order chi connectivity index (χ0) is 15.1. The van der Waals surface area contributed by atoms with Crippen LogP contribution in [0.1, 0.15) is 17.2 Å². The summed E-state index contributed by atoms with van der Waals surface area (Å²) < 4.78 is 1.16. The van der Waals surface area contributed by atoms with Gasteiger partial charge in [-0.2, -0.15) is 12.1 Å². The maximum absolute atomic E-state index is 3.62. The summed E-state index contributed by atoms with van der Waals surface area (Å²) in [7, 11) is 4.22. The number of hydrogen-bond donors (Lipinski definition) is 0. The van der Waals surface area contributed by atoms with E-state index in [9.17, 15) is 0 Å². The molecule has 0 fully saturated rings. The number of nitrogens with zero attached hydrogens (tertiary/aromatic N) is 1. The van der Waals surface area contributed by atoms with Gasteiger partial charge in [0, 0.05) is 27.6 Å². The Morgan fingerprint density at radius 1 is 0.909 bits per heavy atom. The van der Waals surface area contributed by atoms with E-state index in [2.05, 4.69) is 77.4 Å². The van der Waals surface area contributed by atoms with Crippen LogP contribution in [0.3, 0.4) is 0 Å². The fourth-order valence-electron chi connectivity index (χ4n) is 2.34. The maximum Gasteiger partial charge on any atom is 0.0215 e. The number of rotatable bonds is 3. The third-order valence-electron chi connectivity index (χ3n) is 3.28. The summed E-state index contributed by atoms with van der Waals surface area (Å²) in [6.45, 7) is 0. The van der Waals surface area contributed by atoms with Gasteiger partial charge in [-0.25, -0.2) is 12.1 Å².